The number of likely N-dealkylation sites (tertiary alicyclic amines) is 1. The van der Waals surface area contributed by atoms with Crippen LogP contribution in [0.15, 0.2) is 24.3 Å². The average molecular weight is 290 g/mol. The van der Waals surface area contributed by atoms with E-state index in [1.54, 1.807) is 0 Å². The Kier molecular flexibility index (Phi) is 4.29. The second-order valence-electron chi connectivity index (χ2n) is 5.82. The average Bonchev–Trinajstić information content (AvgIpc) is 3.14. The summed E-state index contributed by atoms with van der Waals surface area (Å²) in [6.45, 7) is 1.60. The molecule has 0 aromatic heterocycles. The first kappa shape index (κ1) is 14.2. The Morgan fingerprint density at radius 3 is 2.95 bits per heavy atom. The second kappa shape index (κ2) is 6.35. The van der Waals surface area contributed by atoms with E-state index in [-0.39, 0.29) is 19.2 Å². The van der Waals surface area contributed by atoms with E-state index in [1.807, 2.05) is 29.2 Å². The van der Waals surface area contributed by atoms with Crippen molar-refractivity contribution in [1.82, 2.24) is 10.2 Å². The van der Waals surface area contributed by atoms with Gasteiger partial charge in [-0.25, -0.2) is 4.79 Å². The normalized spacial score (nSPS) is 23.4. The van der Waals surface area contributed by atoms with Crippen LogP contribution in [-0.2, 0) is 6.54 Å². The highest BCUT2D eigenvalue weighted by atomic mass is 16.5. The molecule has 1 aliphatic heterocycles. The highest BCUT2D eigenvalue weighted by molar-refractivity contribution is 5.75. The number of urea groups is 1. The van der Waals surface area contributed by atoms with Crippen molar-refractivity contribution in [3.8, 4) is 5.75 Å². The molecule has 2 N–H and O–H groups in total. The Balaban J connectivity index is 1.56. The van der Waals surface area contributed by atoms with E-state index in [0.29, 0.717) is 18.5 Å². The zero-order valence-corrected chi connectivity index (χ0v) is 12.1. The van der Waals surface area contributed by atoms with Gasteiger partial charge in [0.1, 0.15) is 12.4 Å². The van der Waals surface area contributed by atoms with Gasteiger partial charge >= 0.3 is 6.03 Å². The minimum Gasteiger partial charge on any atom is -0.491 e. The van der Waals surface area contributed by atoms with Gasteiger partial charge in [0.2, 0.25) is 0 Å². The molecule has 1 aliphatic carbocycles. The SMILES string of the molecule is O=C(NCc1ccccc1OCCO)N1CC2CCC1C2. The molecule has 2 atom stereocenters. The number of fused-ring (bicyclic) bond motifs is 2. The van der Waals surface area contributed by atoms with Crippen molar-refractivity contribution in [2.75, 3.05) is 19.8 Å². The summed E-state index contributed by atoms with van der Waals surface area (Å²) in [5, 5.41) is 11.8. The summed E-state index contributed by atoms with van der Waals surface area (Å²) < 4.78 is 5.48. The maximum absolute atomic E-state index is 12.3. The number of rotatable bonds is 5. The number of nitrogens with one attached hydrogen (secondary N) is 1. The van der Waals surface area contributed by atoms with Crippen molar-refractivity contribution < 1.29 is 14.6 Å². The van der Waals surface area contributed by atoms with Gasteiger partial charge in [-0.3, -0.25) is 0 Å². The summed E-state index contributed by atoms with van der Waals surface area (Å²) in [6, 6.07) is 8.07. The van der Waals surface area contributed by atoms with E-state index in [1.165, 1.54) is 12.8 Å². The summed E-state index contributed by atoms with van der Waals surface area (Å²) in [5.41, 5.74) is 0.934. The molecule has 5 heteroatoms. The number of piperidine rings is 1. The number of ether oxygens (including phenoxy) is 1. The molecule has 2 aliphatic rings. The summed E-state index contributed by atoms with van der Waals surface area (Å²) >= 11 is 0. The third-order valence-electron chi connectivity index (χ3n) is 4.42. The van der Waals surface area contributed by atoms with Crippen molar-refractivity contribution in [2.24, 2.45) is 5.92 Å². The minimum absolute atomic E-state index is 0.0163. The molecule has 2 bridgehead atoms. The van der Waals surface area contributed by atoms with Gasteiger partial charge in [0.15, 0.2) is 0 Å². The third-order valence-corrected chi connectivity index (χ3v) is 4.42. The van der Waals surface area contributed by atoms with Gasteiger partial charge in [0.25, 0.3) is 0 Å². The predicted octanol–water partition coefficient (Wildman–Crippen LogP) is 1.75. The number of aliphatic hydroxyl groups excluding tert-OH is 1. The Morgan fingerprint density at radius 1 is 1.38 bits per heavy atom. The highest BCUT2D eigenvalue weighted by Gasteiger charge is 2.40. The molecule has 2 unspecified atom stereocenters. The van der Waals surface area contributed by atoms with Crippen molar-refractivity contribution in [2.45, 2.75) is 31.8 Å². The minimum atomic E-state index is -0.0163. The fourth-order valence-corrected chi connectivity index (χ4v) is 3.39. The number of nitrogens with zero attached hydrogens (tertiary/aromatic N) is 1. The molecule has 0 radical (unpaired) electrons. The molecule has 2 amide bonds. The molecule has 2 fully saturated rings. The quantitative estimate of drug-likeness (QED) is 0.868. The van der Waals surface area contributed by atoms with E-state index < -0.39 is 0 Å². The lowest BCUT2D eigenvalue weighted by molar-refractivity contribution is 0.180. The van der Waals surface area contributed by atoms with Crippen LogP contribution in [0.25, 0.3) is 0 Å². The molecule has 5 nitrogen and oxygen atoms in total. The smallest absolute Gasteiger partial charge is 0.317 e. The molecule has 21 heavy (non-hydrogen) atoms. The Labute approximate surface area is 124 Å². The lowest BCUT2D eigenvalue weighted by Crippen LogP contribution is -2.44. The van der Waals surface area contributed by atoms with Crippen LogP contribution in [-0.4, -0.2) is 41.8 Å². The first-order valence-electron chi connectivity index (χ1n) is 7.64. The lowest BCUT2D eigenvalue weighted by atomic mass is 10.1. The van der Waals surface area contributed by atoms with Crippen LogP contribution >= 0.6 is 0 Å². The number of hydrogen-bond acceptors (Lipinski definition) is 3. The summed E-state index contributed by atoms with van der Waals surface area (Å²) in [7, 11) is 0. The number of para-hydroxylation sites is 1. The first-order valence-corrected chi connectivity index (χ1v) is 7.64. The largest absolute Gasteiger partial charge is 0.491 e. The van der Waals surface area contributed by atoms with Crippen molar-refractivity contribution in [3.05, 3.63) is 29.8 Å². The van der Waals surface area contributed by atoms with Crippen LogP contribution in [0.1, 0.15) is 24.8 Å². The molecule has 1 aromatic carbocycles. The fourth-order valence-electron chi connectivity index (χ4n) is 3.39. The van der Waals surface area contributed by atoms with E-state index >= 15 is 0 Å². The predicted molar refractivity (Wildman–Crippen MR) is 79.1 cm³/mol. The maximum Gasteiger partial charge on any atom is 0.317 e. The molecule has 1 aromatic rings. The number of hydrogen-bond donors (Lipinski definition) is 2. The van der Waals surface area contributed by atoms with Crippen LogP contribution in [0.4, 0.5) is 4.79 Å². The Morgan fingerprint density at radius 2 is 2.24 bits per heavy atom. The van der Waals surface area contributed by atoms with E-state index in [9.17, 15) is 4.79 Å². The lowest BCUT2D eigenvalue weighted by Gasteiger charge is -2.27. The van der Waals surface area contributed by atoms with Crippen LogP contribution in [0.3, 0.4) is 0 Å². The molecular formula is C16H22N2O3. The van der Waals surface area contributed by atoms with E-state index in [4.69, 9.17) is 9.84 Å². The molecule has 1 saturated carbocycles. The number of carbonyl (C=O) groups excluding carboxylic acids is 1. The molecule has 1 heterocycles. The molecule has 3 rings (SSSR count). The first-order chi connectivity index (χ1) is 10.3. The molecular weight excluding hydrogens is 268 g/mol. The number of benzene rings is 1. The summed E-state index contributed by atoms with van der Waals surface area (Å²) in [4.78, 5) is 14.2. The van der Waals surface area contributed by atoms with Gasteiger partial charge in [0.05, 0.1) is 6.61 Å². The van der Waals surface area contributed by atoms with E-state index in [0.717, 1.165) is 24.3 Å². The number of aliphatic hydroxyl groups is 1. The van der Waals surface area contributed by atoms with Crippen molar-refractivity contribution in [1.29, 1.82) is 0 Å². The monoisotopic (exact) mass is 290 g/mol. The van der Waals surface area contributed by atoms with Crippen LogP contribution in [0.2, 0.25) is 0 Å². The molecule has 1 saturated heterocycles. The van der Waals surface area contributed by atoms with Gasteiger partial charge in [-0.05, 0) is 31.2 Å². The zero-order valence-electron chi connectivity index (χ0n) is 12.1. The van der Waals surface area contributed by atoms with Crippen molar-refractivity contribution in [3.63, 3.8) is 0 Å². The molecule has 0 spiro atoms. The van der Waals surface area contributed by atoms with Crippen LogP contribution < -0.4 is 10.1 Å². The third kappa shape index (κ3) is 3.13. The Hall–Kier alpha value is -1.75. The van der Waals surface area contributed by atoms with Crippen LogP contribution in [0.5, 0.6) is 5.75 Å². The summed E-state index contributed by atoms with van der Waals surface area (Å²) in [6.07, 6.45) is 3.59. The Bertz CT molecular complexity index is 506. The zero-order chi connectivity index (χ0) is 14.7. The molecule has 114 valence electrons. The fraction of sp³-hybridized carbons (Fsp3) is 0.562. The second-order valence-corrected chi connectivity index (χ2v) is 5.82. The van der Waals surface area contributed by atoms with Gasteiger partial charge in [-0.1, -0.05) is 18.2 Å². The maximum atomic E-state index is 12.3. The number of amides is 2. The van der Waals surface area contributed by atoms with E-state index in [2.05, 4.69) is 5.32 Å². The standard InChI is InChI=1S/C16H22N2O3/c19-7-8-21-15-4-2-1-3-13(15)10-17-16(20)18-11-12-5-6-14(18)9-12/h1-4,12,14,19H,5-11H2,(H,17,20). The topological polar surface area (TPSA) is 61.8 Å². The van der Waals surface area contributed by atoms with Gasteiger partial charge < -0.3 is 20.1 Å². The summed E-state index contributed by atoms with van der Waals surface area (Å²) in [5.74, 6) is 1.43. The van der Waals surface area contributed by atoms with Gasteiger partial charge in [-0.2, -0.15) is 0 Å². The van der Waals surface area contributed by atoms with Gasteiger partial charge in [-0.15, -0.1) is 0 Å². The van der Waals surface area contributed by atoms with Gasteiger partial charge in [0, 0.05) is 24.7 Å². The van der Waals surface area contributed by atoms with Crippen LogP contribution in [0, 0.1) is 5.92 Å². The highest BCUT2D eigenvalue weighted by Crippen LogP contribution is 2.37. The van der Waals surface area contributed by atoms with Crippen molar-refractivity contribution >= 4 is 6.03 Å². The number of carbonyl (C=O) groups is 1.